The monoisotopic (exact) mass is 386 g/mol. The van der Waals surface area contributed by atoms with Crippen molar-refractivity contribution in [3.8, 4) is 17.6 Å². The molecular formula is C20H14N6O3. The molecule has 0 atom stereocenters. The number of carbonyl (C=O) groups excluding carboxylic acids is 1. The number of ether oxygens (including phenoxy) is 1. The average molecular weight is 386 g/mol. The molecule has 9 heteroatoms. The molecule has 29 heavy (non-hydrogen) atoms. The van der Waals surface area contributed by atoms with Gasteiger partial charge in [-0.25, -0.2) is 14.6 Å². The van der Waals surface area contributed by atoms with Crippen LogP contribution in [0.15, 0.2) is 71.8 Å². The van der Waals surface area contributed by atoms with E-state index in [-0.39, 0.29) is 12.4 Å². The lowest BCUT2D eigenvalue weighted by molar-refractivity contribution is 0.0992. The van der Waals surface area contributed by atoms with Crippen LogP contribution in [0.5, 0.6) is 5.75 Å². The molecule has 0 spiro atoms. The highest BCUT2D eigenvalue weighted by Gasteiger charge is 2.13. The van der Waals surface area contributed by atoms with E-state index >= 15 is 0 Å². The first-order valence-corrected chi connectivity index (χ1v) is 8.56. The molecule has 9 nitrogen and oxygen atoms in total. The van der Waals surface area contributed by atoms with Crippen molar-refractivity contribution in [3.05, 3.63) is 84.5 Å². The summed E-state index contributed by atoms with van der Waals surface area (Å²) in [6, 6.07) is 15.6. The molecule has 3 aromatic heterocycles. The van der Waals surface area contributed by atoms with Crippen LogP contribution in [0.2, 0.25) is 0 Å². The summed E-state index contributed by atoms with van der Waals surface area (Å²) in [6.45, 7) is 0.0974. The van der Waals surface area contributed by atoms with E-state index in [9.17, 15) is 4.79 Å². The second-order valence-corrected chi connectivity index (χ2v) is 5.86. The minimum Gasteiger partial charge on any atom is -0.484 e. The maximum Gasteiger partial charge on any atom is 0.291 e. The summed E-state index contributed by atoms with van der Waals surface area (Å²) in [5.74, 6) is 1.22. The Bertz CT molecular complexity index is 1160. The molecule has 1 aromatic carbocycles. The molecule has 0 fully saturated rings. The highest BCUT2D eigenvalue weighted by Crippen LogP contribution is 2.19. The van der Waals surface area contributed by atoms with E-state index in [1.807, 2.05) is 0 Å². The Morgan fingerprint density at radius 1 is 1.21 bits per heavy atom. The Morgan fingerprint density at radius 2 is 2.10 bits per heavy atom. The lowest BCUT2D eigenvalue weighted by atomic mass is 10.2. The first kappa shape index (κ1) is 17.9. The fourth-order valence-electron chi connectivity index (χ4n) is 2.53. The van der Waals surface area contributed by atoms with Crippen molar-refractivity contribution in [2.45, 2.75) is 6.61 Å². The number of rotatable bonds is 6. The van der Waals surface area contributed by atoms with Crippen LogP contribution >= 0.6 is 0 Å². The van der Waals surface area contributed by atoms with Crippen LogP contribution in [0.1, 0.15) is 21.9 Å². The molecule has 3 heterocycles. The first-order valence-electron chi connectivity index (χ1n) is 8.56. The number of nitrogens with one attached hydrogen (secondary N) is 1. The van der Waals surface area contributed by atoms with Crippen molar-refractivity contribution in [2.75, 3.05) is 5.32 Å². The number of nitrogens with zero attached hydrogens (tertiary/aromatic N) is 5. The molecule has 0 unspecified atom stereocenters. The summed E-state index contributed by atoms with van der Waals surface area (Å²) in [5, 5.41) is 15.8. The average Bonchev–Trinajstić information content (AvgIpc) is 3.45. The number of hydrogen-bond acceptors (Lipinski definition) is 7. The molecule has 4 rings (SSSR count). The Kier molecular flexibility index (Phi) is 4.98. The number of nitriles is 1. The van der Waals surface area contributed by atoms with Crippen LogP contribution in [-0.4, -0.2) is 25.7 Å². The number of carbonyl (C=O) groups is 1. The Balaban J connectivity index is 1.37. The first-order chi connectivity index (χ1) is 14.2. The second kappa shape index (κ2) is 8.06. The molecule has 0 saturated heterocycles. The molecule has 0 aliphatic carbocycles. The third-order valence-corrected chi connectivity index (χ3v) is 3.92. The van der Waals surface area contributed by atoms with Crippen LogP contribution in [0, 0.1) is 11.3 Å². The molecule has 0 radical (unpaired) electrons. The number of pyridine rings is 1. The maximum atomic E-state index is 12.4. The fourth-order valence-corrected chi connectivity index (χ4v) is 2.53. The second-order valence-electron chi connectivity index (χ2n) is 5.86. The van der Waals surface area contributed by atoms with Crippen molar-refractivity contribution in [1.82, 2.24) is 19.7 Å². The summed E-state index contributed by atoms with van der Waals surface area (Å²) in [7, 11) is 0. The zero-order valence-corrected chi connectivity index (χ0v) is 15.0. The normalized spacial score (nSPS) is 10.3. The van der Waals surface area contributed by atoms with Gasteiger partial charge in [0.05, 0.1) is 17.4 Å². The third kappa shape index (κ3) is 4.12. The Hall–Kier alpha value is -4.45. The van der Waals surface area contributed by atoms with Gasteiger partial charge in [0.15, 0.2) is 11.6 Å². The molecule has 1 N–H and O–H groups in total. The minimum absolute atomic E-state index is 0.0974. The molecule has 0 aliphatic heterocycles. The van der Waals surface area contributed by atoms with E-state index < -0.39 is 5.91 Å². The van der Waals surface area contributed by atoms with E-state index in [2.05, 4.69) is 26.5 Å². The van der Waals surface area contributed by atoms with Crippen LogP contribution in [-0.2, 0) is 6.61 Å². The van der Waals surface area contributed by atoms with E-state index in [0.717, 1.165) is 0 Å². The van der Waals surface area contributed by atoms with Crippen molar-refractivity contribution in [1.29, 1.82) is 5.26 Å². The SMILES string of the molecule is N#Cc1ccccc1OCc1ccc(C(=O)Nc2ccc(-n3cncn3)nc2)o1. The Labute approximate surface area is 165 Å². The van der Waals surface area contributed by atoms with Crippen molar-refractivity contribution in [3.63, 3.8) is 0 Å². The molecule has 0 aliphatic rings. The van der Waals surface area contributed by atoms with Gasteiger partial charge < -0.3 is 14.5 Å². The van der Waals surface area contributed by atoms with E-state index in [1.54, 1.807) is 48.5 Å². The summed E-state index contributed by atoms with van der Waals surface area (Å²) in [6.07, 6.45) is 4.46. The lowest BCUT2D eigenvalue weighted by Gasteiger charge is -2.06. The smallest absolute Gasteiger partial charge is 0.291 e. The van der Waals surface area contributed by atoms with Crippen molar-refractivity contribution in [2.24, 2.45) is 0 Å². The summed E-state index contributed by atoms with van der Waals surface area (Å²) >= 11 is 0. The van der Waals surface area contributed by atoms with Gasteiger partial charge >= 0.3 is 0 Å². The zero-order valence-electron chi connectivity index (χ0n) is 15.0. The van der Waals surface area contributed by atoms with Gasteiger partial charge in [-0.15, -0.1) is 0 Å². The number of para-hydroxylation sites is 1. The molecule has 0 bridgehead atoms. The van der Waals surface area contributed by atoms with Crippen LogP contribution in [0.3, 0.4) is 0 Å². The number of benzene rings is 1. The van der Waals surface area contributed by atoms with E-state index in [1.165, 1.54) is 23.5 Å². The Morgan fingerprint density at radius 3 is 2.86 bits per heavy atom. The van der Waals surface area contributed by atoms with Crippen molar-refractivity contribution >= 4 is 11.6 Å². The maximum absolute atomic E-state index is 12.4. The highest BCUT2D eigenvalue weighted by atomic mass is 16.5. The van der Waals surface area contributed by atoms with E-state index in [4.69, 9.17) is 14.4 Å². The van der Waals surface area contributed by atoms with Gasteiger partial charge in [0.25, 0.3) is 5.91 Å². The van der Waals surface area contributed by atoms with Crippen molar-refractivity contribution < 1.29 is 13.9 Å². The van der Waals surface area contributed by atoms with Gasteiger partial charge in [0.2, 0.25) is 0 Å². The topological polar surface area (TPSA) is 119 Å². The highest BCUT2D eigenvalue weighted by molar-refractivity contribution is 6.02. The molecule has 4 aromatic rings. The third-order valence-electron chi connectivity index (χ3n) is 3.92. The van der Waals surface area contributed by atoms with Gasteiger partial charge in [0.1, 0.15) is 36.8 Å². The standard InChI is InChI=1S/C20H14N6O3/c21-9-14-3-1-2-4-17(14)28-11-16-6-7-18(29-16)20(27)25-15-5-8-19(23-10-15)26-13-22-12-24-26/h1-8,10,12-13H,11H2,(H,25,27). The predicted octanol–water partition coefficient (Wildman–Crippen LogP) is 2.96. The minimum atomic E-state index is -0.413. The van der Waals surface area contributed by atoms with Crippen LogP contribution in [0.25, 0.3) is 5.82 Å². The molecule has 142 valence electrons. The summed E-state index contributed by atoms with van der Waals surface area (Å²) < 4.78 is 12.6. The summed E-state index contributed by atoms with van der Waals surface area (Å²) in [5.41, 5.74) is 0.940. The van der Waals surface area contributed by atoms with Gasteiger partial charge in [0, 0.05) is 0 Å². The molecule has 1 amide bonds. The quantitative estimate of drug-likeness (QED) is 0.541. The van der Waals surface area contributed by atoms with Gasteiger partial charge in [-0.1, -0.05) is 12.1 Å². The van der Waals surface area contributed by atoms with E-state index in [0.29, 0.717) is 28.6 Å². The summed E-state index contributed by atoms with van der Waals surface area (Å²) in [4.78, 5) is 20.5. The van der Waals surface area contributed by atoms with Gasteiger partial charge in [-0.05, 0) is 36.4 Å². The number of hydrogen-bond donors (Lipinski definition) is 1. The van der Waals surface area contributed by atoms with Gasteiger partial charge in [-0.3, -0.25) is 4.79 Å². The number of furan rings is 1. The largest absolute Gasteiger partial charge is 0.484 e. The lowest BCUT2D eigenvalue weighted by Crippen LogP contribution is -2.11. The number of anilines is 1. The predicted molar refractivity (Wildman–Crippen MR) is 101 cm³/mol. The molecular weight excluding hydrogens is 372 g/mol. The fraction of sp³-hybridized carbons (Fsp3) is 0.0500. The number of aromatic nitrogens is 4. The zero-order chi connectivity index (χ0) is 20.1. The molecule has 0 saturated carbocycles. The number of amides is 1. The van der Waals surface area contributed by atoms with Crippen LogP contribution in [0.4, 0.5) is 5.69 Å². The van der Waals surface area contributed by atoms with Gasteiger partial charge in [-0.2, -0.15) is 10.4 Å². The van der Waals surface area contributed by atoms with Crippen LogP contribution < -0.4 is 10.1 Å².